The normalized spacial score (nSPS) is 29.8. The minimum absolute atomic E-state index is 0.0643. The predicted molar refractivity (Wildman–Crippen MR) is 46.5 cm³/mol. The van der Waals surface area contributed by atoms with Crippen LogP contribution in [0.3, 0.4) is 0 Å². The summed E-state index contributed by atoms with van der Waals surface area (Å²) in [5, 5.41) is 0. The van der Waals surface area contributed by atoms with Crippen molar-refractivity contribution in [2.24, 2.45) is 5.92 Å². The van der Waals surface area contributed by atoms with Crippen LogP contribution in [0.1, 0.15) is 47.7 Å². The van der Waals surface area contributed by atoms with E-state index in [1.54, 1.807) is 13.8 Å². The summed E-state index contributed by atoms with van der Waals surface area (Å²) in [6, 6.07) is 0. The van der Waals surface area contributed by atoms with Crippen LogP contribution in [0.5, 0.6) is 0 Å². The Morgan fingerprint density at radius 1 is 1.27 bits per heavy atom. The van der Waals surface area contributed by atoms with Crippen molar-refractivity contribution in [3.63, 3.8) is 0 Å². The third-order valence-electron chi connectivity index (χ3n) is 1.04. The molecule has 0 aliphatic carbocycles. The summed E-state index contributed by atoms with van der Waals surface area (Å²) in [7, 11) is 0. The quantitative estimate of drug-likeness (QED) is 0.570. The highest BCUT2D eigenvalue weighted by atomic mass is 16.7. The Kier molecular flexibility index (Phi) is 1.63. The summed E-state index contributed by atoms with van der Waals surface area (Å²) in [5.74, 6) is -0.158. The molecule has 11 heavy (non-hydrogen) atoms. The van der Waals surface area contributed by atoms with Crippen molar-refractivity contribution >= 4 is 0 Å². The standard InChI is InChI=1S/C9H20O2/c1-5-10-9(11-6-2)7-8(3)4/h8-9H,5-7H2,1-4H3/i1D3,2D3,5D2,6D2. The molecule has 0 bridgehead atoms. The van der Waals surface area contributed by atoms with E-state index in [0.29, 0.717) is 0 Å². The van der Waals surface area contributed by atoms with E-state index in [-0.39, 0.29) is 12.3 Å². The summed E-state index contributed by atoms with van der Waals surface area (Å²) in [4.78, 5) is 0. The van der Waals surface area contributed by atoms with Crippen molar-refractivity contribution in [1.29, 1.82) is 0 Å². The van der Waals surface area contributed by atoms with Gasteiger partial charge in [-0.05, 0) is 19.6 Å². The summed E-state index contributed by atoms with van der Waals surface area (Å²) < 4.78 is 81.0. The molecule has 2 nitrogen and oxygen atoms in total. The Bertz CT molecular complexity index is 304. The van der Waals surface area contributed by atoms with Crippen molar-refractivity contribution < 1.29 is 23.2 Å². The Balaban J connectivity index is 5.16. The van der Waals surface area contributed by atoms with Crippen LogP contribution in [0.25, 0.3) is 0 Å². The van der Waals surface area contributed by atoms with E-state index in [1.807, 2.05) is 0 Å². The van der Waals surface area contributed by atoms with E-state index in [4.69, 9.17) is 23.2 Å². The lowest BCUT2D eigenvalue weighted by molar-refractivity contribution is -0.144. The van der Waals surface area contributed by atoms with Crippen molar-refractivity contribution in [1.82, 2.24) is 0 Å². The molecule has 0 heterocycles. The van der Waals surface area contributed by atoms with Gasteiger partial charge in [0.25, 0.3) is 0 Å². The lowest BCUT2D eigenvalue weighted by Crippen LogP contribution is -2.19. The second kappa shape index (κ2) is 6.62. The average molecular weight is 170 g/mol. The van der Waals surface area contributed by atoms with Crippen LogP contribution in [0.4, 0.5) is 0 Å². The van der Waals surface area contributed by atoms with Gasteiger partial charge in [0.2, 0.25) is 0 Å². The molecular formula is C9H20O2. The molecule has 0 aliphatic heterocycles. The molecule has 0 fully saturated rings. The molecule has 0 atom stereocenters. The topological polar surface area (TPSA) is 18.5 Å². The highest BCUT2D eigenvalue weighted by molar-refractivity contribution is 4.49. The van der Waals surface area contributed by atoms with Gasteiger partial charge in [0.15, 0.2) is 6.29 Å². The fourth-order valence-electron chi connectivity index (χ4n) is 0.637. The number of rotatable bonds is 6. The van der Waals surface area contributed by atoms with Crippen LogP contribution in [0.2, 0.25) is 0 Å². The van der Waals surface area contributed by atoms with Gasteiger partial charge in [-0.1, -0.05) is 13.8 Å². The van der Waals surface area contributed by atoms with E-state index < -0.39 is 33.1 Å². The van der Waals surface area contributed by atoms with E-state index in [0.717, 1.165) is 0 Å². The number of hydrogen-bond acceptors (Lipinski definition) is 2. The summed E-state index contributed by atoms with van der Waals surface area (Å²) in [6.07, 6.45) is -1.71. The van der Waals surface area contributed by atoms with Gasteiger partial charge in [-0.15, -0.1) is 0 Å². The van der Waals surface area contributed by atoms with E-state index >= 15 is 0 Å². The molecule has 0 radical (unpaired) electrons. The third kappa shape index (κ3) is 6.32. The van der Waals surface area contributed by atoms with Crippen LogP contribution in [0, 0.1) is 5.92 Å². The maximum absolute atomic E-state index is 7.35. The monoisotopic (exact) mass is 170 g/mol. The highest BCUT2D eigenvalue weighted by Gasteiger charge is 2.09. The van der Waals surface area contributed by atoms with Crippen LogP contribution >= 0.6 is 0 Å². The Labute approximate surface area is 83.9 Å². The molecule has 0 aromatic carbocycles. The van der Waals surface area contributed by atoms with Crippen LogP contribution in [0.15, 0.2) is 0 Å². The molecule has 0 rings (SSSR count). The van der Waals surface area contributed by atoms with Gasteiger partial charge in [0, 0.05) is 27.8 Å². The zero-order chi connectivity index (χ0) is 17.3. The maximum atomic E-state index is 7.35. The smallest absolute Gasteiger partial charge is 0.157 e. The van der Waals surface area contributed by atoms with Gasteiger partial charge in [0.1, 0.15) is 0 Å². The van der Waals surface area contributed by atoms with Crippen molar-refractivity contribution in [3.05, 3.63) is 0 Å². The van der Waals surface area contributed by atoms with Gasteiger partial charge < -0.3 is 9.47 Å². The van der Waals surface area contributed by atoms with E-state index in [9.17, 15) is 0 Å². The van der Waals surface area contributed by atoms with Crippen molar-refractivity contribution in [2.75, 3.05) is 13.1 Å². The molecule has 68 valence electrons. The van der Waals surface area contributed by atoms with Crippen molar-refractivity contribution in [2.45, 2.75) is 40.3 Å². The average Bonchev–Trinajstić information content (AvgIpc) is 2.09. The number of hydrogen-bond donors (Lipinski definition) is 0. The zero-order valence-electron chi connectivity index (χ0n) is 16.7. The maximum Gasteiger partial charge on any atom is 0.157 e. The molecule has 0 spiro atoms. The number of ether oxygens (including phenoxy) is 2. The zero-order valence-corrected chi connectivity index (χ0v) is 6.68. The molecule has 0 amide bonds. The molecular weight excluding hydrogens is 140 g/mol. The Hall–Kier alpha value is -0.0800. The second-order valence-corrected chi connectivity index (χ2v) is 2.50. The fourth-order valence-corrected chi connectivity index (χ4v) is 0.637. The molecule has 0 saturated heterocycles. The summed E-state index contributed by atoms with van der Waals surface area (Å²) in [6.45, 7) is -9.02. The van der Waals surface area contributed by atoms with Gasteiger partial charge in [-0.2, -0.15) is 0 Å². The first kappa shape index (κ1) is 2.71. The van der Waals surface area contributed by atoms with Gasteiger partial charge in [-0.25, -0.2) is 0 Å². The Morgan fingerprint density at radius 3 is 2.18 bits per heavy atom. The molecule has 0 aliphatic rings. The minimum atomic E-state index is -3.11. The lowest BCUT2D eigenvalue weighted by atomic mass is 10.1. The summed E-state index contributed by atoms with van der Waals surface area (Å²) >= 11 is 0. The predicted octanol–water partition coefficient (Wildman–Crippen LogP) is 2.43. The molecule has 2 heteroatoms. The Morgan fingerprint density at radius 2 is 1.82 bits per heavy atom. The minimum Gasteiger partial charge on any atom is -0.353 e. The summed E-state index contributed by atoms with van der Waals surface area (Å²) in [5.41, 5.74) is 0. The van der Waals surface area contributed by atoms with Crippen LogP contribution in [-0.2, 0) is 9.47 Å². The first-order chi connectivity index (χ1) is 8.99. The molecule has 0 aromatic rings. The second-order valence-electron chi connectivity index (χ2n) is 2.50. The van der Waals surface area contributed by atoms with Gasteiger partial charge in [-0.3, -0.25) is 0 Å². The fraction of sp³-hybridized carbons (Fsp3) is 1.00. The third-order valence-corrected chi connectivity index (χ3v) is 1.04. The highest BCUT2D eigenvalue weighted by Crippen LogP contribution is 2.09. The largest absolute Gasteiger partial charge is 0.353 e. The van der Waals surface area contributed by atoms with E-state index in [1.165, 1.54) is 0 Å². The molecule has 0 N–H and O–H groups in total. The van der Waals surface area contributed by atoms with Crippen LogP contribution < -0.4 is 0 Å². The SMILES string of the molecule is [2H]C([2H])([2H])C([2H])([2H])OC(CC(C)C)OC([2H])([2H])C([2H])([2H])[2H]. The molecule has 0 unspecified atom stereocenters. The first-order valence-electron chi connectivity index (χ1n) is 8.35. The van der Waals surface area contributed by atoms with Crippen LogP contribution in [-0.4, -0.2) is 19.4 Å². The van der Waals surface area contributed by atoms with Gasteiger partial charge in [0.05, 0.1) is 5.48 Å². The lowest BCUT2D eigenvalue weighted by Gasteiger charge is -2.18. The van der Waals surface area contributed by atoms with Gasteiger partial charge >= 0.3 is 0 Å². The molecule has 0 saturated carbocycles. The first-order valence-corrected chi connectivity index (χ1v) is 3.35. The van der Waals surface area contributed by atoms with E-state index in [2.05, 4.69) is 0 Å². The van der Waals surface area contributed by atoms with Crippen molar-refractivity contribution in [3.8, 4) is 0 Å². The molecule has 0 aromatic heterocycles.